The van der Waals surface area contributed by atoms with E-state index in [1.807, 2.05) is 30.3 Å². The Morgan fingerprint density at radius 1 is 1.56 bits per heavy atom. The number of benzene rings is 1. The Morgan fingerprint density at radius 3 is 2.81 bits per heavy atom. The first-order valence-electron chi connectivity index (χ1n) is 4.48. The maximum Gasteiger partial charge on any atom is 0.142 e. The predicted octanol–water partition coefficient (Wildman–Crippen LogP) is 1.80. The highest BCUT2D eigenvalue weighted by atomic mass is 32.1. The van der Waals surface area contributed by atoms with E-state index in [1.165, 1.54) is 6.20 Å². The summed E-state index contributed by atoms with van der Waals surface area (Å²) in [6.45, 7) is 0. The molecule has 0 radical (unpaired) electrons. The van der Waals surface area contributed by atoms with Gasteiger partial charge >= 0.3 is 0 Å². The van der Waals surface area contributed by atoms with Crippen LogP contribution in [0.2, 0.25) is 0 Å². The van der Waals surface area contributed by atoms with Gasteiger partial charge in [-0.2, -0.15) is 5.26 Å². The van der Waals surface area contributed by atoms with Crippen molar-refractivity contribution in [3.63, 3.8) is 0 Å². The Labute approximate surface area is 99.3 Å². The summed E-state index contributed by atoms with van der Waals surface area (Å²) in [4.78, 5) is 0.0601. The van der Waals surface area contributed by atoms with Crippen LogP contribution in [0.4, 0.5) is 5.69 Å². The molecule has 0 fully saturated rings. The molecule has 0 saturated carbocycles. The molecular weight excluding hydrogens is 222 g/mol. The number of nitriles is 1. The van der Waals surface area contributed by atoms with Crippen LogP contribution in [0.3, 0.4) is 0 Å². The standard InChI is InChI=1S/C11H11N3OS/c1-15-10-5-3-2-4-9(10)14-7-8(6-12)11(13)16/h2-5,7,14H,1H3,(H2,13,16)/b8-7-. The smallest absolute Gasteiger partial charge is 0.142 e. The third-order valence-corrected chi connectivity index (χ3v) is 2.08. The second kappa shape index (κ2) is 5.73. The minimum Gasteiger partial charge on any atom is -0.495 e. The summed E-state index contributed by atoms with van der Waals surface area (Å²) >= 11 is 4.71. The van der Waals surface area contributed by atoms with Crippen molar-refractivity contribution in [1.29, 1.82) is 5.26 Å². The maximum absolute atomic E-state index is 8.74. The Hall–Kier alpha value is -2.06. The number of anilines is 1. The lowest BCUT2D eigenvalue weighted by molar-refractivity contribution is 0.417. The number of ether oxygens (including phenoxy) is 1. The lowest BCUT2D eigenvalue weighted by Crippen LogP contribution is -2.11. The molecule has 4 nitrogen and oxygen atoms in total. The zero-order chi connectivity index (χ0) is 12.0. The van der Waals surface area contributed by atoms with Gasteiger partial charge in [0, 0.05) is 6.20 Å². The second-order valence-corrected chi connectivity index (χ2v) is 3.32. The molecule has 0 aromatic heterocycles. The first-order valence-corrected chi connectivity index (χ1v) is 4.89. The van der Waals surface area contributed by atoms with Crippen molar-refractivity contribution in [1.82, 2.24) is 0 Å². The van der Waals surface area contributed by atoms with E-state index in [1.54, 1.807) is 7.11 Å². The van der Waals surface area contributed by atoms with Crippen LogP contribution >= 0.6 is 12.2 Å². The van der Waals surface area contributed by atoms with Crippen LogP contribution < -0.4 is 15.8 Å². The topological polar surface area (TPSA) is 71.1 Å². The Morgan fingerprint density at radius 2 is 2.25 bits per heavy atom. The van der Waals surface area contributed by atoms with Gasteiger partial charge in [-0.25, -0.2) is 0 Å². The van der Waals surface area contributed by atoms with Crippen LogP contribution in [0.1, 0.15) is 0 Å². The predicted molar refractivity (Wildman–Crippen MR) is 67.1 cm³/mol. The van der Waals surface area contributed by atoms with Gasteiger partial charge < -0.3 is 15.8 Å². The molecule has 16 heavy (non-hydrogen) atoms. The van der Waals surface area contributed by atoms with E-state index in [2.05, 4.69) is 5.32 Å². The van der Waals surface area contributed by atoms with Crippen molar-refractivity contribution in [3.8, 4) is 11.8 Å². The van der Waals surface area contributed by atoms with Crippen LogP contribution in [0.15, 0.2) is 36.0 Å². The summed E-state index contributed by atoms with van der Waals surface area (Å²) in [5.41, 5.74) is 6.32. The molecule has 0 bridgehead atoms. The van der Waals surface area contributed by atoms with Crippen LogP contribution in [0.5, 0.6) is 5.75 Å². The average Bonchev–Trinajstić information content (AvgIpc) is 2.30. The van der Waals surface area contributed by atoms with E-state index in [0.29, 0.717) is 5.75 Å². The summed E-state index contributed by atoms with van der Waals surface area (Å²) in [6, 6.07) is 9.24. The van der Waals surface area contributed by atoms with E-state index in [4.69, 9.17) is 28.0 Å². The highest BCUT2D eigenvalue weighted by Crippen LogP contribution is 2.23. The van der Waals surface area contributed by atoms with E-state index in [0.717, 1.165) is 5.69 Å². The number of methoxy groups -OCH3 is 1. The fraction of sp³-hybridized carbons (Fsp3) is 0.0909. The van der Waals surface area contributed by atoms with Crippen molar-refractivity contribution >= 4 is 22.9 Å². The van der Waals surface area contributed by atoms with Crippen LogP contribution in [0, 0.1) is 11.3 Å². The Kier molecular flexibility index (Phi) is 4.30. The molecule has 0 aliphatic rings. The number of hydrogen-bond donors (Lipinski definition) is 2. The molecule has 0 aliphatic carbocycles. The normalized spacial score (nSPS) is 10.4. The van der Waals surface area contributed by atoms with E-state index in [-0.39, 0.29) is 10.6 Å². The third kappa shape index (κ3) is 2.97. The lowest BCUT2D eigenvalue weighted by atomic mass is 10.3. The molecule has 1 aromatic rings. The van der Waals surface area contributed by atoms with Crippen LogP contribution in [-0.4, -0.2) is 12.1 Å². The van der Waals surface area contributed by atoms with E-state index >= 15 is 0 Å². The second-order valence-electron chi connectivity index (χ2n) is 2.88. The van der Waals surface area contributed by atoms with Gasteiger partial charge in [0.05, 0.1) is 12.8 Å². The molecule has 0 atom stereocenters. The molecule has 82 valence electrons. The molecule has 0 heterocycles. The molecule has 0 spiro atoms. The zero-order valence-corrected chi connectivity index (χ0v) is 9.54. The van der Waals surface area contributed by atoms with Gasteiger partial charge in [0.1, 0.15) is 22.4 Å². The first kappa shape index (κ1) is 12.0. The average molecular weight is 233 g/mol. The fourth-order valence-corrected chi connectivity index (χ4v) is 1.18. The molecule has 3 N–H and O–H groups in total. The summed E-state index contributed by atoms with van der Waals surface area (Å²) < 4.78 is 5.13. The van der Waals surface area contributed by atoms with Gasteiger partial charge in [0.2, 0.25) is 0 Å². The number of nitrogens with zero attached hydrogens (tertiary/aromatic N) is 1. The SMILES string of the molecule is COc1ccccc1N/C=C(/C#N)C(N)=S. The Balaban J connectivity index is 2.89. The number of para-hydroxylation sites is 2. The van der Waals surface area contributed by atoms with Crippen LogP contribution in [0.25, 0.3) is 0 Å². The minimum atomic E-state index is 0.0601. The molecule has 0 saturated heterocycles. The quantitative estimate of drug-likeness (QED) is 0.471. The maximum atomic E-state index is 8.74. The molecule has 0 unspecified atom stereocenters. The fourth-order valence-electron chi connectivity index (χ4n) is 1.07. The number of rotatable bonds is 4. The lowest BCUT2D eigenvalue weighted by Gasteiger charge is -2.07. The number of nitrogens with two attached hydrogens (primary N) is 1. The van der Waals surface area contributed by atoms with Gasteiger partial charge in [-0.05, 0) is 12.1 Å². The summed E-state index contributed by atoms with van der Waals surface area (Å²) in [5, 5.41) is 11.7. The van der Waals surface area contributed by atoms with Crippen molar-refractivity contribution in [2.24, 2.45) is 5.73 Å². The van der Waals surface area contributed by atoms with Crippen molar-refractivity contribution in [3.05, 3.63) is 36.0 Å². The molecule has 5 heteroatoms. The molecule has 0 amide bonds. The van der Waals surface area contributed by atoms with Crippen molar-refractivity contribution in [2.45, 2.75) is 0 Å². The number of nitrogens with one attached hydrogen (secondary N) is 1. The largest absolute Gasteiger partial charge is 0.495 e. The van der Waals surface area contributed by atoms with Gasteiger partial charge in [0.15, 0.2) is 0 Å². The van der Waals surface area contributed by atoms with Crippen molar-refractivity contribution in [2.75, 3.05) is 12.4 Å². The van der Waals surface area contributed by atoms with Gasteiger partial charge in [-0.1, -0.05) is 24.4 Å². The Bertz CT molecular complexity index is 463. The number of thiocarbonyl (C=S) groups is 1. The van der Waals surface area contributed by atoms with Crippen molar-refractivity contribution < 1.29 is 4.74 Å². The van der Waals surface area contributed by atoms with Gasteiger partial charge in [-0.15, -0.1) is 0 Å². The molecule has 1 aromatic carbocycles. The van der Waals surface area contributed by atoms with E-state index in [9.17, 15) is 0 Å². The highest BCUT2D eigenvalue weighted by molar-refractivity contribution is 7.80. The van der Waals surface area contributed by atoms with E-state index < -0.39 is 0 Å². The van der Waals surface area contributed by atoms with Gasteiger partial charge in [0.25, 0.3) is 0 Å². The highest BCUT2D eigenvalue weighted by Gasteiger charge is 2.01. The third-order valence-electron chi connectivity index (χ3n) is 1.86. The first-order chi connectivity index (χ1) is 7.69. The molecule has 0 aliphatic heterocycles. The van der Waals surface area contributed by atoms with Crippen LogP contribution in [-0.2, 0) is 0 Å². The van der Waals surface area contributed by atoms with Gasteiger partial charge in [-0.3, -0.25) is 0 Å². The summed E-state index contributed by atoms with van der Waals surface area (Å²) in [5.74, 6) is 0.680. The summed E-state index contributed by atoms with van der Waals surface area (Å²) in [6.07, 6.45) is 1.46. The minimum absolute atomic E-state index is 0.0601. The molecule has 1 rings (SSSR count). The zero-order valence-electron chi connectivity index (χ0n) is 8.73. The monoisotopic (exact) mass is 233 g/mol. The summed E-state index contributed by atoms with van der Waals surface area (Å²) in [7, 11) is 1.57. The number of hydrogen-bond acceptors (Lipinski definition) is 4. The molecular formula is C11H11N3OS.